The lowest BCUT2D eigenvalue weighted by atomic mass is 9.91. The topological polar surface area (TPSA) is 112 Å². The van der Waals surface area contributed by atoms with Gasteiger partial charge in [-0.1, -0.05) is 110 Å². The number of unbranched alkanes of at least 4 members (excludes halogenated alkanes) is 15. The molecule has 0 saturated carbocycles. The van der Waals surface area contributed by atoms with Gasteiger partial charge in [-0.05, 0) is 57.8 Å². The molecule has 3 N–H and O–H groups in total. The minimum Gasteiger partial charge on any atom is -0.477 e. The van der Waals surface area contributed by atoms with E-state index in [1.165, 1.54) is 83.5 Å². The zero-order chi connectivity index (χ0) is 32.3. The van der Waals surface area contributed by atoms with E-state index in [0.717, 1.165) is 19.3 Å². The van der Waals surface area contributed by atoms with E-state index in [9.17, 15) is 29.7 Å². The second-order valence-corrected chi connectivity index (χ2v) is 12.6. The third-order valence-electron chi connectivity index (χ3n) is 9.09. The Morgan fingerprint density at radius 1 is 0.465 bits per heavy atom. The van der Waals surface area contributed by atoms with E-state index in [2.05, 4.69) is 19.1 Å². The molecular weight excluding hydrogens is 542 g/mol. The average molecular weight is 611 g/mol. The first-order valence-corrected chi connectivity index (χ1v) is 17.9. The van der Waals surface area contributed by atoms with Crippen molar-refractivity contribution < 1.29 is 34.2 Å². The Balaban J connectivity index is 4.83. The molecule has 0 radical (unpaired) electrons. The summed E-state index contributed by atoms with van der Waals surface area (Å²) in [7, 11) is 0. The molecule has 0 saturated heterocycles. The molecule has 0 rings (SSSR count). The van der Waals surface area contributed by atoms with Crippen LogP contribution in [0.25, 0.3) is 0 Å². The molecule has 0 aromatic carbocycles. The van der Waals surface area contributed by atoms with Gasteiger partial charge in [-0.25, -0.2) is 14.4 Å². The molecule has 7 nitrogen and oxygen atoms in total. The molecule has 0 bridgehead atoms. The highest BCUT2D eigenvalue weighted by Crippen LogP contribution is 2.34. The maximum Gasteiger partial charge on any atom is 0.362 e. The average Bonchev–Trinajstić information content (AvgIpc) is 2.97. The second-order valence-electron chi connectivity index (χ2n) is 12.6. The Bertz CT molecular complexity index is 692. The van der Waals surface area contributed by atoms with Crippen LogP contribution in [-0.2, 0) is 14.4 Å². The molecule has 0 amide bonds. The van der Waals surface area contributed by atoms with Crippen LogP contribution in [0.3, 0.4) is 0 Å². The van der Waals surface area contributed by atoms with E-state index in [-0.39, 0.29) is 30.3 Å². The SMILES string of the molecule is CCCCCCC/C=C/CCCCCCCCCCCC[N+](C(CCC)C(=O)O)(C(CCC)C(=O)O)C(CCC)C(=O)O. The van der Waals surface area contributed by atoms with Crippen molar-refractivity contribution in [2.24, 2.45) is 0 Å². The fourth-order valence-corrected chi connectivity index (χ4v) is 6.81. The van der Waals surface area contributed by atoms with E-state index in [1.54, 1.807) is 0 Å². The fourth-order valence-electron chi connectivity index (χ4n) is 6.81. The van der Waals surface area contributed by atoms with Crippen molar-refractivity contribution in [1.29, 1.82) is 0 Å². The maximum atomic E-state index is 12.6. The standard InChI is InChI=1S/C36H67NO6/c1-5-9-10-11-12-13-14-15-16-17-18-19-20-21-22-23-24-25-26-30-37(31(27-6-2)34(38)39,32(28-7-3)35(40)41)33(29-8-4)36(42)43/h14-15,31-33H,5-13,16-30H2,1-4H3,(H2-,38,39,40,41,42,43)/p+1/b15-14+. The van der Waals surface area contributed by atoms with Gasteiger partial charge < -0.3 is 15.3 Å². The lowest BCUT2D eigenvalue weighted by Gasteiger charge is -2.50. The number of hydrogen-bond acceptors (Lipinski definition) is 3. The van der Waals surface area contributed by atoms with Crippen molar-refractivity contribution in [1.82, 2.24) is 0 Å². The molecule has 0 fully saturated rings. The number of hydrogen-bond donors (Lipinski definition) is 3. The highest BCUT2D eigenvalue weighted by Gasteiger charge is 2.56. The van der Waals surface area contributed by atoms with Gasteiger partial charge in [0.15, 0.2) is 18.1 Å². The minimum atomic E-state index is -1.08. The summed E-state index contributed by atoms with van der Waals surface area (Å²) in [6, 6.07) is -3.14. The number of rotatable bonds is 31. The molecule has 0 heterocycles. The van der Waals surface area contributed by atoms with E-state index in [4.69, 9.17) is 0 Å². The van der Waals surface area contributed by atoms with Crippen molar-refractivity contribution in [2.45, 2.75) is 193 Å². The number of nitrogens with zero attached hydrogens (tertiary/aromatic N) is 1. The molecule has 43 heavy (non-hydrogen) atoms. The summed E-state index contributed by atoms with van der Waals surface area (Å²) in [6.07, 6.45) is 27.4. The van der Waals surface area contributed by atoms with E-state index < -0.39 is 36.0 Å². The van der Waals surface area contributed by atoms with Crippen LogP contribution in [0, 0.1) is 0 Å². The van der Waals surface area contributed by atoms with Crippen LogP contribution in [-0.4, -0.2) is 62.4 Å². The molecule has 0 spiro atoms. The quantitative estimate of drug-likeness (QED) is 0.0409. The number of carboxylic acids is 3. The van der Waals surface area contributed by atoms with Gasteiger partial charge >= 0.3 is 17.9 Å². The second kappa shape index (κ2) is 26.5. The van der Waals surface area contributed by atoms with Crippen molar-refractivity contribution >= 4 is 17.9 Å². The van der Waals surface area contributed by atoms with Gasteiger partial charge in [-0.15, -0.1) is 0 Å². The largest absolute Gasteiger partial charge is 0.477 e. The molecule has 0 aromatic rings. The summed E-state index contributed by atoms with van der Waals surface area (Å²) in [5.74, 6) is -3.25. The van der Waals surface area contributed by atoms with Gasteiger partial charge in [0.25, 0.3) is 0 Å². The Hall–Kier alpha value is -1.89. The summed E-state index contributed by atoms with van der Waals surface area (Å²) >= 11 is 0. The van der Waals surface area contributed by atoms with Crippen molar-refractivity contribution in [2.75, 3.05) is 6.54 Å². The van der Waals surface area contributed by atoms with Gasteiger partial charge in [-0.3, -0.25) is 4.48 Å². The van der Waals surface area contributed by atoms with Gasteiger partial charge in [0.05, 0.1) is 6.54 Å². The summed E-state index contributed by atoms with van der Waals surface area (Å²) in [5, 5.41) is 30.9. The van der Waals surface area contributed by atoms with Crippen LogP contribution in [0.5, 0.6) is 0 Å². The van der Waals surface area contributed by atoms with Crippen LogP contribution in [0.4, 0.5) is 0 Å². The van der Waals surface area contributed by atoms with Crippen molar-refractivity contribution in [3.8, 4) is 0 Å². The van der Waals surface area contributed by atoms with Gasteiger partial charge in [-0.2, -0.15) is 0 Å². The number of carbonyl (C=O) groups is 3. The van der Waals surface area contributed by atoms with Crippen molar-refractivity contribution in [3.63, 3.8) is 0 Å². The third-order valence-corrected chi connectivity index (χ3v) is 9.09. The lowest BCUT2D eigenvalue weighted by Crippen LogP contribution is -2.72. The zero-order valence-corrected chi connectivity index (χ0v) is 28.4. The van der Waals surface area contributed by atoms with E-state index >= 15 is 0 Å². The van der Waals surface area contributed by atoms with Crippen LogP contribution >= 0.6 is 0 Å². The Kier molecular flexibility index (Phi) is 25.3. The smallest absolute Gasteiger partial charge is 0.362 e. The van der Waals surface area contributed by atoms with Crippen molar-refractivity contribution in [3.05, 3.63) is 12.2 Å². The summed E-state index contributed by atoms with van der Waals surface area (Å²) in [5.41, 5.74) is 0. The molecule has 7 heteroatoms. The number of quaternary nitrogens is 1. The summed E-state index contributed by atoms with van der Waals surface area (Å²) < 4.78 is -0.371. The molecule has 0 aromatic heterocycles. The molecule has 3 atom stereocenters. The van der Waals surface area contributed by atoms with Crippen LogP contribution in [0.1, 0.15) is 175 Å². The molecular formula is C36H68NO6+. The van der Waals surface area contributed by atoms with Gasteiger partial charge in [0.1, 0.15) is 0 Å². The van der Waals surface area contributed by atoms with Crippen LogP contribution in [0.2, 0.25) is 0 Å². The van der Waals surface area contributed by atoms with E-state index in [1.807, 2.05) is 20.8 Å². The predicted molar refractivity (Wildman–Crippen MR) is 177 cm³/mol. The molecule has 0 aliphatic carbocycles. The van der Waals surface area contributed by atoms with Crippen LogP contribution < -0.4 is 0 Å². The minimum absolute atomic E-state index is 0.270. The molecule has 3 unspecified atom stereocenters. The normalized spacial score (nSPS) is 15.3. The monoisotopic (exact) mass is 611 g/mol. The molecule has 252 valence electrons. The number of carboxylic acid groups (broad SMARTS) is 3. The number of allylic oxidation sites excluding steroid dienone is 2. The first-order chi connectivity index (χ1) is 20.7. The first kappa shape index (κ1) is 41.1. The molecule has 0 aliphatic rings. The third kappa shape index (κ3) is 16.7. The van der Waals surface area contributed by atoms with E-state index in [0.29, 0.717) is 25.7 Å². The van der Waals surface area contributed by atoms with Gasteiger partial charge in [0, 0.05) is 19.3 Å². The fraction of sp³-hybridized carbons (Fsp3) is 0.861. The Labute approximate surface area is 264 Å². The lowest BCUT2D eigenvalue weighted by molar-refractivity contribution is -0.973. The van der Waals surface area contributed by atoms with Gasteiger partial charge in [0.2, 0.25) is 0 Å². The molecule has 0 aliphatic heterocycles. The Morgan fingerprint density at radius 2 is 0.767 bits per heavy atom. The van der Waals surface area contributed by atoms with Crippen LogP contribution in [0.15, 0.2) is 12.2 Å². The zero-order valence-electron chi connectivity index (χ0n) is 28.4. The predicted octanol–water partition coefficient (Wildman–Crippen LogP) is 9.77. The first-order valence-electron chi connectivity index (χ1n) is 17.9. The highest BCUT2D eigenvalue weighted by atomic mass is 16.4. The maximum absolute atomic E-state index is 12.6. The highest BCUT2D eigenvalue weighted by molar-refractivity contribution is 5.78. The summed E-state index contributed by atoms with van der Waals surface area (Å²) in [6.45, 7) is 8.17. The number of aliphatic carboxylic acids is 3. The Morgan fingerprint density at radius 3 is 1.07 bits per heavy atom. The summed E-state index contributed by atoms with van der Waals surface area (Å²) in [4.78, 5) is 37.8.